The van der Waals surface area contributed by atoms with Crippen LogP contribution in [0.2, 0.25) is 23.2 Å². The van der Waals surface area contributed by atoms with Gasteiger partial charge in [0.2, 0.25) is 15.0 Å². The number of fused-ring (bicyclic) bond motifs is 3. The molecule has 2 aromatic carbocycles. The lowest BCUT2D eigenvalue weighted by Gasteiger charge is -2.48. The number of methoxy groups -OCH3 is 1. The number of hydrogen-bond donors (Lipinski definition) is 0. The summed E-state index contributed by atoms with van der Waals surface area (Å²) in [4.78, 5) is 23.3. The SMILES string of the molecule is COC(=O)c1ccc2c(c1)N(C[C@@H]1CC[C@H]1[C@H](/C=C\[C@@H]1CC[C@H]1CS(=O)(=O)c1ncccn1)O[Si](C)(C)C(C)(C)C)CC1(CCCc3cc(Cl)ccc31)CO2. The Labute approximate surface area is 333 Å². The fourth-order valence-corrected chi connectivity index (χ4v) is 11.8. The monoisotopic (exact) mass is 805 g/mol. The lowest BCUT2D eigenvalue weighted by molar-refractivity contribution is 0.0519. The molecule has 6 atom stereocenters. The van der Waals surface area contributed by atoms with Gasteiger partial charge in [-0.3, -0.25) is 0 Å². The summed E-state index contributed by atoms with van der Waals surface area (Å²) in [5.74, 6) is 1.27. The van der Waals surface area contributed by atoms with Crippen molar-refractivity contribution < 1.29 is 27.1 Å². The molecule has 0 radical (unpaired) electrons. The van der Waals surface area contributed by atoms with Crippen molar-refractivity contribution in [1.29, 1.82) is 0 Å². The molecule has 1 spiro atoms. The van der Waals surface area contributed by atoms with Gasteiger partial charge in [-0.15, -0.1) is 0 Å². The Bertz CT molecular complexity index is 2020. The van der Waals surface area contributed by atoms with Gasteiger partial charge in [0.15, 0.2) is 8.32 Å². The van der Waals surface area contributed by atoms with Crippen molar-refractivity contribution in [2.24, 2.45) is 23.7 Å². The van der Waals surface area contributed by atoms with Gasteiger partial charge in [0.1, 0.15) is 5.75 Å². The zero-order valence-corrected chi connectivity index (χ0v) is 35.7. The summed E-state index contributed by atoms with van der Waals surface area (Å²) in [6, 6.07) is 13.6. The van der Waals surface area contributed by atoms with Gasteiger partial charge in [0.05, 0.1) is 36.8 Å². The molecule has 4 aliphatic rings. The number of carbonyl (C=O) groups is 1. The van der Waals surface area contributed by atoms with Crippen molar-refractivity contribution in [2.75, 3.05) is 37.5 Å². The molecule has 3 aromatic rings. The number of allylic oxidation sites excluding steroid dienone is 1. The highest BCUT2D eigenvalue weighted by Gasteiger charge is 2.47. The Morgan fingerprint density at radius 1 is 1.09 bits per heavy atom. The molecule has 0 bridgehead atoms. The first-order valence-electron chi connectivity index (χ1n) is 19.8. The number of hydrogen-bond acceptors (Lipinski definition) is 9. The zero-order valence-electron chi connectivity index (χ0n) is 33.1. The lowest BCUT2D eigenvalue weighted by Crippen LogP contribution is -2.52. The predicted molar refractivity (Wildman–Crippen MR) is 219 cm³/mol. The molecule has 1 aliphatic heterocycles. The summed E-state index contributed by atoms with van der Waals surface area (Å²) in [6.07, 6.45) is 14.4. The average molecular weight is 807 g/mol. The molecule has 1 unspecified atom stereocenters. The third kappa shape index (κ3) is 8.27. The number of ether oxygens (including phenoxy) is 2. The van der Waals surface area contributed by atoms with Crippen molar-refractivity contribution in [3.8, 4) is 5.75 Å². The first kappa shape index (κ1) is 40.0. The number of aromatic nitrogens is 2. The smallest absolute Gasteiger partial charge is 0.337 e. The van der Waals surface area contributed by atoms with Crippen LogP contribution in [0.1, 0.15) is 80.8 Å². The van der Waals surface area contributed by atoms with Crippen molar-refractivity contribution in [3.63, 3.8) is 0 Å². The van der Waals surface area contributed by atoms with Crippen LogP contribution in [0.3, 0.4) is 0 Å². The van der Waals surface area contributed by atoms with Crippen molar-refractivity contribution >= 4 is 41.4 Å². The number of benzene rings is 2. The molecule has 2 heterocycles. The van der Waals surface area contributed by atoms with Crippen LogP contribution < -0.4 is 9.64 Å². The van der Waals surface area contributed by atoms with Crippen LogP contribution in [0.15, 0.2) is 72.2 Å². The van der Waals surface area contributed by atoms with Crippen LogP contribution in [-0.4, -0.2) is 71.3 Å². The normalized spacial score (nSPS) is 25.9. The fourth-order valence-electron chi connectivity index (χ4n) is 8.79. The number of halogens is 1. The number of esters is 1. The molecular formula is C43H56ClN3O6SSi. The summed E-state index contributed by atoms with van der Waals surface area (Å²) in [5.41, 5.74) is 3.78. The Hall–Kier alpha value is -3.25. The zero-order chi connectivity index (χ0) is 39.2. The Morgan fingerprint density at radius 2 is 1.85 bits per heavy atom. The lowest BCUT2D eigenvalue weighted by atomic mass is 9.68. The van der Waals surface area contributed by atoms with Gasteiger partial charge >= 0.3 is 5.97 Å². The minimum atomic E-state index is -3.58. The van der Waals surface area contributed by atoms with Gasteiger partial charge in [0.25, 0.3) is 0 Å². The van der Waals surface area contributed by atoms with Crippen molar-refractivity contribution in [2.45, 2.75) is 101 Å². The van der Waals surface area contributed by atoms with Gasteiger partial charge in [-0.1, -0.05) is 50.6 Å². The number of nitrogens with zero attached hydrogens (tertiary/aromatic N) is 3. The molecule has 9 nitrogen and oxygen atoms in total. The summed E-state index contributed by atoms with van der Waals surface area (Å²) in [7, 11) is -4.35. The van der Waals surface area contributed by atoms with Crippen LogP contribution in [0, 0.1) is 23.7 Å². The highest BCUT2D eigenvalue weighted by Crippen LogP contribution is 2.49. The van der Waals surface area contributed by atoms with E-state index >= 15 is 0 Å². The summed E-state index contributed by atoms with van der Waals surface area (Å²) in [5, 5.41) is 0.685. The Balaban J connectivity index is 1.17. The summed E-state index contributed by atoms with van der Waals surface area (Å²) >= 11 is 6.50. The van der Waals surface area contributed by atoms with Gasteiger partial charge in [0, 0.05) is 35.9 Å². The number of rotatable bonds is 11. The fraction of sp³-hybridized carbons (Fsp3) is 0.558. The maximum atomic E-state index is 13.2. The van der Waals surface area contributed by atoms with Gasteiger partial charge in [-0.25, -0.2) is 23.2 Å². The number of aryl methyl sites for hydroxylation is 1. The minimum Gasteiger partial charge on any atom is -0.490 e. The van der Waals surface area contributed by atoms with Crippen LogP contribution in [0.4, 0.5) is 5.69 Å². The molecule has 2 fully saturated rings. The maximum Gasteiger partial charge on any atom is 0.337 e. The molecule has 296 valence electrons. The quantitative estimate of drug-likeness (QED) is 0.0813. The van der Waals surface area contributed by atoms with Crippen LogP contribution in [-0.2, 0) is 30.8 Å². The topological polar surface area (TPSA) is 108 Å². The molecule has 0 amide bonds. The highest BCUT2D eigenvalue weighted by molar-refractivity contribution is 7.91. The third-order valence-corrected chi connectivity index (χ3v) is 19.7. The first-order valence-corrected chi connectivity index (χ1v) is 24.8. The Morgan fingerprint density at radius 3 is 2.53 bits per heavy atom. The molecule has 1 aromatic heterocycles. The highest BCUT2D eigenvalue weighted by atomic mass is 35.5. The van der Waals surface area contributed by atoms with E-state index in [0.29, 0.717) is 18.1 Å². The second-order valence-corrected chi connectivity index (χ2v) is 24.9. The van der Waals surface area contributed by atoms with Crippen LogP contribution in [0.25, 0.3) is 0 Å². The van der Waals surface area contributed by atoms with Crippen LogP contribution in [0.5, 0.6) is 5.75 Å². The number of anilines is 1. The number of carbonyl (C=O) groups excluding carboxylic acids is 1. The van der Waals surface area contributed by atoms with E-state index < -0.39 is 18.2 Å². The van der Waals surface area contributed by atoms with E-state index in [0.717, 1.165) is 74.5 Å². The molecule has 55 heavy (non-hydrogen) atoms. The molecule has 0 N–H and O–H groups in total. The van der Waals surface area contributed by atoms with E-state index in [4.69, 9.17) is 25.5 Å². The first-order chi connectivity index (χ1) is 26.1. The molecule has 0 saturated heterocycles. The summed E-state index contributed by atoms with van der Waals surface area (Å²) in [6.45, 7) is 13.6. The minimum absolute atomic E-state index is 0.0239. The largest absolute Gasteiger partial charge is 0.490 e. The van der Waals surface area contributed by atoms with E-state index in [1.54, 1.807) is 12.1 Å². The van der Waals surface area contributed by atoms with Gasteiger partial charge in [-0.2, -0.15) is 0 Å². The molecule has 2 saturated carbocycles. The van der Waals surface area contributed by atoms with Crippen molar-refractivity contribution in [3.05, 3.63) is 88.7 Å². The standard InChI is InChI=1S/C43H56ClN3O6SSi/c1-42(2,3)55(5,6)53-38(18-13-29-10-11-33(29)26-54(49,50)41-45-21-8-22-46-41)35-16-12-32(35)25-47-27-43(20-7-9-30-23-34(44)15-17-36(30)43)28-52-39-19-14-31(24-37(39)47)40(48)51-4/h8,13-15,17-19,21-24,29,32-33,35,38H,7,9-12,16,20,25-28H2,1-6H3/b18-13-/t29-,32-,33-,35+,38-,43?/m0/s1. The van der Waals surface area contributed by atoms with E-state index in [9.17, 15) is 13.2 Å². The van der Waals surface area contributed by atoms with Crippen LogP contribution >= 0.6 is 11.6 Å². The third-order valence-electron chi connectivity index (χ3n) is 13.3. The molecule has 12 heteroatoms. The maximum absolute atomic E-state index is 13.2. The second kappa shape index (κ2) is 15.6. The van der Waals surface area contributed by atoms with E-state index in [1.165, 1.54) is 30.6 Å². The van der Waals surface area contributed by atoms with E-state index in [1.807, 2.05) is 18.2 Å². The average Bonchev–Trinajstić information content (AvgIpc) is 3.28. The molecule has 3 aliphatic carbocycles. The number of sulfone groups is 1. The van der Waals surface area contributed by atoms with Crippen molar-refractivity contribution in [1.82, 2.24) is 9.97 Å². The Kier molecular flexibility index (Phi) is 11.3. The van der Waals surface area contributed by atoms with Gasteiger partial charge < -0.3 is 18.8 Å². The van der Waals surface area contributed by atoms with E-state index in [2.05, 4.69) is 73.0 Å². The predicted octanol–water partition coefficient (Wildman–Crippen LogP) is 8.86. The molecule has 7 rings (SSSR count). The van der Waals surface area contributed by atoms with Gasteiger partial charge in [-0.05, 0) is 134 Å². The van der Waals surface area contributed by atoms with E-state index in [-0.39, 0.29) is 51.2 Å². The molecular weight excluding hydrogens is 750 g/mol. The summed E-state index contributed by atoms with van der Waals surface area (Å²) < 4.78 is 45.5. The second-order valence-electron chi connectivity index (χ2n) is 17.8.